The molecule has 2 saturated carbocycles. The fourth-order valence-electron chi connectivity index (χ4n) is 5.21. The number of hydrogen-bond donors (Lipinski definition) is 0. The predicted octanol–water partition coefficient (Wildman–Crippen LogP) is 7.61. The van der Waals surface area contributed by atoms with Gasteiger partial charge in [-0.1, -0.05) is 25.0 Å². The van der Waals surface area contributed by atoms with Crippen molar-refractivity contribution in [2.45, 2.75) is 76.5 Å². The van der Waals surface area contributed by atoms with Crippen LogP contribution in [-0.4, -0.2) is 6.67 Å². The van der Waals surface area contributed by atoms with Crippen LogP contribution in [0.15, 0.2) is 24.3 Å². The Balaban J connectivity index is 1.39. The lowest BCUT2D eigenvalue weighted by atomic mass is 9.74. The SMILES string of the molecule is N#Cc1c(F)cc([C@H]2CC[C@H](CC[C@H]3CC[C@H](/C=C/CCF)CC3)CC2)cc1F. The summed E-state index contributed by atoms with van der Waals surface area (Å²) in [5.74, 6) is 0.914. The molecule has 0 spiro atoms. The molecule has 0 bridgehead atoms. The Morgan fingerprint density at radius 2 is 1.45 bits per heavy atom. The van der Waals surface area contributed by atoms with E-state index in [-0.39, 0.29) is 12.6 Å². The molecule has 4 heteroatoms. The number of nitriles is 1. The molecule has 0 amide bonds. The summed E-state index contributed by atoms with van der Waals surface area (Å²) in [6.07, 6.45) is 16.5. The van der Waals surface area contributed by atoms with Gasteiger partial charge in [-0.25, -0.2) is 8.78 Å². The highest BCUT2D eigenvalue weighted by molar-refractivity contribution is 5.36. The number of benzene rings is 1. The Morgan fingerprint density at radius 3 is 1.97 bits per heavy atom. The van der Waals surface area contributed by atoms with Crippen LogP contribution >= 0.6 is 0 Å². The first-order valence-electron chi connectivity index (χ1n) is 11.2. The van der Waals surface area contributed by atoms with Crippen molar-refractivity contribution in [1.29, 1.82) is 5.26 Å². The minimum atomic E-state index is -0.736. The molecule has 0 aliphatic heterocycles. The van der Waals surface area contributed by atoms with Crippen molar-refractivity contribution in [1.82, 2.24) is 0 Å². The van der Waals surface area contributed by atoms with Gasteiger partial charge in [0.2, 0.25) is 0 Å². The number of halogens is 3. The van der Waals surface area contributed by atoms with Gasteiger partial charge in [-0.05, 0) is 99.2 Å². The number of allylic oxidation sites excluding steroid dienone is 2. The smallest absolute Gasteiger partial charge is 0.144 e. The molecule has 0 radical (unpaired) electrons. The molecule has 2 aliphatic rings. The van der Waals surface area contributed by atoms with E-state index in [2.05, 4.69) is 6.08 Å². The normalized spacial score (nSPS) is 27.8. The van der Waals surface area contributed by atoms with Crippen molar-refractivity contribution in [2.75, 3.05) is 6.67 Å². The van der Waals surface area contributed by atoms with E-state index in [0.717, 1.165) is 37.5 Å². The molecular weight excluding hydrogens is 371 g/mol. The van der Waals surface area contributed by atoms with Crippen molar-refractivity contribution >= 4 is 0 Å². The van der Waals surface area contributed by atoms with Crippen LogP contribution in [0.2, 0.25) is 0 Å². The summed E-state index contributed by atoms with van der Waals surface area (Å²) in [5, 5.41) is 8.82. The van der Waals surface area contributed by atoms with Gasteiger partial charge >= 0.3 is 0 Å². The fourth-order valence-corrected chi connectivity index (χ4v) is 5.21. The van der Waals surface area contributed by atoms with Crippen molar-refractivity contribution in [3.8, 4) is 6.07 Å². The van der Waals surface area contributed by atoms with Gasteiger partial charge in [0.05, 0.1) is 6.67 Å². The Labute approximate surface area is 173 Å². The number of hydrogen-bond acceptors (Lipinski definition) is 1. The summed E-state index contributed by atoms with van der Waals surface area (Å²) in [6.45, 7) is -0.261. The van der Waals surface area contributed by atoms with E-state index in [9.17, 15) is 13.2 Å². The van der Waals surface area contributed by atoms with Crippen molar-refractivity contribution in [3.05, 3.63) is 47.0 Å². The Hall–Kier alpha value is -1.76. The molecule has 0 unspecified atom stereocenters. The molecule has 1 aromatic rings. The Bertz CT molecular complexity index is 697. The molecule has 0 N–H and O–H groups in total. The van der Waals surface area contributed by atoms with Gasteiger partial charge in [0.1, 0.15) is 23.3 Å². The average Bonchev–Trinajstić information content (AvgIpc) is 2.73. The monoisotopic (exact) mass is 403 g/mol. The summed E-state index contributed by atoms with van der Waals surface area (Å²) in [6, 6.07) is 4.30. The zero-order valence-electron chi connectivity index (χ0n) is 17.2. The molecule has 2 aliphatic carbocycles. The maximum atomic E-state index is 13.9. The van der Waals surface area contributed by atoms with Crippen LogP contribution < -0.4 is 0 Å². The van der Waals surface area contributed by atoms with Gasteiger partial charge in [0.15, 0.2) is 0 Å². The van der Waals surface area contributed by atoms with Crippen LogP contribution in [0, 0.1) is 40.7 Å². The van der Waals surface area contributed by atoms with Crippen LogP contribution in [-0.2, 0) is 0 Å². The zero-order chi connectivity index (χ0) is 20.6. The standard InChI is InChI=1S/C25H32F3N/c26-14-2-1-3-18-4-6-19(7-5-18)8-9-20-10-12-21(13-11-20)22-15-24(27)23(17-29)25(28)16-22/h1,3,15-16,18-21H,2,4-14H2/b3-1+/t18-,19-,20-,21-. The van der Waals surface area contributed by atoms with Gasteiger partial charge in [-0.2, -0.15) is 5.26 Å². The van der Waals surface area contributed by atoms with Crippen LogP contribution in [0.4, 0.5) is 13.2 Å². The van der Waals surface area contributed by atoms with E-state index >= 15 is 0 Å². The van der Waals surface area contributed by atoms with E-state index in [1.54, 1.807) is 6.07 Å². The number of alkyl halides is 1. The maximum absolute atomic E-state index is 13.9. The molecule has 158 valence electrons. The highest BCUT2D eigenvalue weighted by atomic mass is 19.1. The lowest BCUT2D eigenvalue weighted by Crippen LogP contribution is -2.17. The van der Waals surface area contributed by atoms with Gasteiger partial charge < -0.3 is 0 Å². The quantitative estimate of drug-likeness (QED) is 0.430. The molecule has 0 atom stereocenters. The van der Waals surface area contributed by atoms with E-state index in [0.29, 0.717) is 17.9 Å². The van der Waals surface area contributed by atoms with E-state index in [1.807, 2.05) is 6.08 Å². The largest absolute Gasteiger partial charge is 0.251 e. The molecule has 1 nitrogen and oxygen atoms in total. The molecular formula is C25H32F3N. The van der Waals surface area contributed by atoms with Crippen molar-refractivity contribution in [2.24, 2.45) is 17.8 Å². The van der Waals surface area contributed by atoms with Crippen LogP contribution in [0.1, 0.15) is 87.7 Å². The maximum Gasteiger partial charge on any atom is 0.144 e. The summed E-state index contributed by atoms with van der Waals surface area (Å²) < 4.78 is 40.0. The van der Waals surface area contributed by atoms with E-state index in [1.165, 1.54) is 50.7 Å². The van der Waals surface area contributed by atoms with Crippen molar-refractivity contribution in [3.63, 3.8) is 0 Å². The van der Waals surface area contributed by atoms with Gasteiger partial charge in [-0.15, -0.1) is 0 Å². The van der Waals surface area contributed by atoms with E-state index < -0.39 is 17.2 Å². The van der Waals surface area contributed by atoms with Gasteiger partial charge in [0.25, 0.3) is 0 Å². The molecule has 1 aromatic carbocycles. The average molecular weight is 404 g/mol. The number of nitrogens with zero attached hydrogens (tertiary/aromatic N) is 1. The molecule has 3 rings (SSSR count). The first kappa shape index (κ1) is 21.9. The second-order valence-electron chi connectivity index (χ2n) is 8.95. The third-order valence-corrected chi connectivity index (χ3v) is 7.05. The lowest BCUT2D eigenvalue weighted by molar-refractivity contribution is 0.246. The molecule has 0 heterocycles. The van der Waals surface area contributed by atoms with Crippen LogP contribution in [0.3, 0.4) is 0 Å². The molecule has 29 heavy (non-hydrogen) atoms. The van der Waals surface area contributed by atoms with Crippen LogP contribution in [0.5, 0.6) is 0 Å². The highest BCUT2D eigenvalue weighted by Gasteiger charge is 2.26. The summed E-state index contributed by atoms with van der Waals surface area (Å²) in [4.78, 5) is 0. The highest BCUT2D eigenvalue weighted by Crippen LogP contribution is 2.40. The third-order valence-electron chi connectivity index (χ3n) is 7.05. The van der Waals surface area contributed by atoms with Crippen molar-refractivity contribution < 1.29 is 13.2 Å². The third kappa shape index (κ3) is 6.11. The zero-order valence-corrected chi connectivity index (χ0v) is 17.2. The van der Waals surface area contributed by atoms with E-state index in [4.69, 9.17) is 5.26 Å². The van der Waals surface area contributed by atoms with Gasteiger partial charge in [-0.3, -0.25) is 4.39 Å². The second-order valence-corrected chi connectivity index (χ2v) is 8.95. The first-order valence-corrected chi connectivity index (χ1v) is 11.2. The topological polar surface area (TPSA) is 23.8 Å². The minimum absolute atomic E-state index is 0.203. The minimum Gasteiger partial charge on any atom is -0.251 e. The lowest BCUT2D eigenvalue weighted by Gasteiger charge is -2.31. The van der Waals surface area contributed by atoms with Gasteiger partial charge in [0, 0.05) is 0 Å². The molecule has 2 fully saturated rings. The molecule has 0 aromatic heterocycles. The second kappa shape index (κ2) is 10.9. The molecule has 0 saturated heterocycles. The summed E-state index contributed by atoms with van der Waals surface area (Å²) in [5.41, 5.74) is 0.228. The summed E-state index contributed by atoms with van der Waals surface area (Å²) >= 11 is 0. The van der Waals surface area contributed by atoms with Crippen LogP contribution in [0.25, 0.3) is 0 Å². The summed E-state index contributed by atoms with van der Waals surface area (Å²) in [7, 11) is 0. The Morgan fingerprint density at radius 1 is 0.897 bits per heavy atom. The predicted molar refractivity (Wildman–Crippen MR) is 110 cm³/mol. The number of rotatable bonds is 7. The fraction of sp³-hybridized carbons (Fsp3) is 0.640. The first-order chi connectivity index (χ1) is 14.1. The Kier molecular flexibility index (Phi) is 8.21.